The zero-order chi connectivity index (χ0) is 14.9. The number of ether oxygens (including phenoxy) is 2. The second-order valence-electron chi connectivity index (χ2n) is 5.75. The highest BCUT2D eigenvalue weighted by molar-refractivity contribution is 5.14. The maximum Gasteiger partial charge on any atom is 0.160 e. The van der Waals surface area contributed by atoms with Crippen LogP contribution in [0.5, 0.6) is 0 Å². The Labute approximate surface area is 127 Å². The fourth-order valence-corrected chi connectivity index (χ4v) is 2.78. The van der Waals surface area contributed by atoms with E-state index in [1.165, 1.54) is 5.56 Å². The van der Waals surface area contributed by atoms with E-state index in [0.717, 1.165) is 32.4 Å². The summed E-state index contributed by atoms with van der Waals surface area (Å²) in [5.74, 6) is 0.373. The molecule has 1 fully saturated rings. The predicted molar refractivity (Wildman–Crippen MR) is 82.9 cm³/mol. The van der Waals surface area contributed by atoms with E-state index in [2.05, 4.69) is 36.2 Å². The van der Waals surface area contributed by atoms with Gasteiger partial charge in [-0.1, -0.05) is 30.3 Å². The van der Waals surface area contributed by atoms with Gasteiger partial charge in [0, 0.05) is 19.1 Å². The van der Waals surface area contributed by atoms with Crippen LogP contribution in [-0.2, 0) is 16.0 Å². The lowest BCUT2D eigenvalue weighted by Crippen LogP contribution is -2.27. The van der Waals surface area contributed by atoms with Gasteiger partial charge in [-0.3, -0.25) is 0 Å². The van der Waals surface area contributed by atoms with Gasteiger partial charge in [0.2, 0.25) is 0 Å². The van der Waals surface area contributed by atoms with E-state index in [0.29, 0.717) is 19.1 Å². The number of aliphatic hydroxyl groups excluding tert-OH is 1. The fourth-order valence-electron chi connectivity index (χ4n) is 2.78. The molecule has 21 heavy (non-hydrogen) atoms. The maximum atomic E-state index is 9.04. The normalized spacial score (nSPS) is 17.5. The smallest absolute Gasteiger partial charge is 0.160 e. The summed E-state index contributed by atoms with van der Waals surface area (Å²) in [5.41, 5.74) is 1.33. The van der Waals surface area contributed by atoms with E-state index >= 15 is 0 Å². The minimum absolute atomic E-state index is 0.0818. The van der Waals surface area contributed by atoms with Crippen molar-refractivity contribution in [2.45, 2.75) is 32.1 Å². The summed E-state index contributed by atoms with van der Waals surface area (Å²) in [6, 6.07) is 10.5. The van der Waals surface area contributed by atoms with Crippen LogP contribution in [0.25, 0.3) is 0 Å². The molecule has 0 aliphatic carbocycles. The van der Waals surface area contributed by atoms with Crippen LogP contribution in [-0.4, -0.2) is 49.7 Å². The number of benzene rings is 1. The lowest BCUT2D eigenvalue weighted by molar-refractivity contribution is -0.0898. The lowest BCUT2D eigenvalue weighted by atomic mass is 9.98. The Hall–Kier alpha value is -0.940. The van der Waals surface area contributed by atoms with Crippen LogP contribution in [0.3, 0.4) is 0 Å². The van der Waals surface area contributed by atoms with Crippen molar-refractivity contribution in [3.05, 3.63) is 35.9 Å². The summed E-state index contributed by atoms with van der Waals surface area (Å²) >= 11 is 0. The zero-order valence-electron chi connectivity index (χ0n) is 12.9. The summed E-state index contributed by atoms with van der Waals surface area (Å²) in [7, 11) is 2.15. The molecule has 0 aromatic heterocycles. The minimum Gasteiger partial charge on any atom is -0.396 e. The average molecular weight is 293 g/mol. The first-order valence-electron chi connectivity index (χ1n) is 7.86. The number of aliphatic hydroxyl groups is 1. The van der Waals surface area contributed by atoms with Crippen LogP contribution in [0.4, 0.5) is 0 Å². The molecule has 4 heteroatoms. The monoisotopic (exact) mass is 293 g/mol. The van der Waals surface area contributed by atoms with Gasteiger partial charge >= 0.3 is 0 Å². The first-order chi connectivity index (χ1) is 10.3. The van der Waals surface area contributed by atoms with Crippen LogP contribution < -0.4 is 0 Å². The van der Waals surface area contributed by atoms with Gasteiger partial charge in [0.25, 0.3) is 0 Å². The molecule has 0 bridgehead atoms. The summed E-state index contributed by atoms with van der Waals surface area (Å²) in [6.45, 7) is 3.59. The highest BCUT2D eigenvalue weighted by Gasteiger charge is 2.26. The van der Waals surface area contributed by atoms with E-state index in [9.17, 15) is 0 Å². The van der Waals surface area contributed by atoms with Gasteiger partial charge in [0.1, 0.15) is 0 Å². The van der Waals surface area contributed by atoms with E-state index < -0.39 is 0 Å². The Morgan fingerprint density at radius 3 is 2.57 bits per heavy atom. The van der Waals surface area contributed by atoms with Crippen LogP contribution in [0.2, 0.25) is 0 Å². The van der Waals surface area contributed by atoms with Crippen LogP contribution in [0, 0.1) is 5.92 Å². The van der Waals surface area contributed by atoms with Crippen molar-refractivity contribution < 1.29 is 14.6 Å². The molecule has 0 radical (unpaired) electrons. The first kappa shape index (κ1) is 16.4. The summed E-state index contributed by atoms with van der Waals surface area (Å²) in [6.07, 6.45) is 2.73. The van der Waals surface area contributed by atoms with Gasteiger partial charge in [0.15, 0.2) is 6.29 Å². The van der Waals surface area contributed by atoms with Gasteiger partial charge in [-0.05, 0) is 38.4 Å². The molecule has 1 heterocycles. The van der Waals surface area contributed by atoms with Crippen molar-refractivity contribution >= 4 is 0 Å². The van der Waals surface area contributed by atoms with Gasteiger partial charge in [-0.25, -0.2) is 0 Å². The van der Waals surface area contributed by atoms with Crippen molar-refractivity contribution in [3.63, 3.8) is 0 Å². The zero-order valence-corrected chi connectivity index (χ0v) is 12.9. The van der Waals surface area contributed by atoms with E-state index in [1.54, 1.807) is 0 Å². The number of nitrogens with zero attached hydrogens (tertiary/aromatic N) is 1. The molecule has 1 atom stereocenters. The Morgan fingerprint density at radius 1 is 1.19 bits per heavy atom. The number of rotatable bonds is 9. The average Bonchev–Trinajstić information content (AvgIpc) is 3.02. The largest absolute Gasteiger partial charge is 0.396 e. The van der Waals surface area contributed by atoms with Crippen molar-refractivity contribution in [1.82, 2.24) is 4.90 Å². The molecule has 2 rings (SSSR count). The van der Waals surface area contributed by atoms with Gasteiger partial charge in [-0.2, -0.15) is 0 Å². The highest BCUT2D eigenvalue weighted by Crippen LogP contribution is 2.23. The molecule has 0 saturated carbocycles. The molecule has 1 aromatic carbocycles. The van der Waals surface area contributed by atoms with Crippen molar-refractivity contribution in [2.75, 3.05) is 33.4 Å². The lowest BCUT2D eigenvalue weighted by Gasteiger charge is -2.25. The van der Waals surface area contributed by atoms with E-state index in [-0.39, 0.29) is 12.9 Å². The Morgan fingerprint density at radius 2 is 1.90 bits per heavy atom. The van der Waals surface area contributed by atoms with E-state index in [1.807, 2.05) is 6.07 Å². The molecule has 4 nitrogen and oxygen atoms in total. The fraction of sp³-hybridized carbons (Fsp3) is 0.647. The molecular formula is C17H27NO3. The molecular weight excluding hydrogens is 266 g/mol. The predicted octanol–water partition coefficient (Wildman–Crippen LogP) is 2.27. The minimum atomic E-state index is -0.0818. The van der Waals surface area contributed by atoms with Crippen molar-refractivity contribution in [2.24, 2.45) is 5.92 Å². The third-order valence-corrected chi connectivity index (χ3v) is 3.94. The SMILES string of the molecule is CN(CCC(CCCO)C1OCCO1)Cc1ccccc1. The van der Waals surface area contributed by atoms with Crippen molar-refractivity contribution in [3.8, 4) is 0 Å². The topological polar surface area (TPSA) is 41.9 Å². The summed E-state index contributed by atoms with van der Waals surface area (Å²) in [4.78, 5) is 2.33. The third kappa shape index (κ3) is 5.75. The molecule has 1 aliphatic heterocycles. The van der Waals surface area contributed by atoms with Crippen LogP contribution in [0.15, 0.2) is 30.3 Å². The third-order valence-electron chi connectivity index (χ3n) is 3.94. The van der Waals surface area contributed by atoms with Gasteiger partial charge in [-0.15, -0.1) is 0 Å². The van der Waals surface area contributed by atoms with Gasteiger partial charge < -0.3 is 19.5 Å². The summed E-state index contributed by atoms with van der Waals surface area (Å²) < 4.78 is 11.3. The maximum absolute atomic E-state index is 9.04. The van der Waals surface area contributed by atoms with Crippen LogP contribution in [0.1, 0.15) is 24.8 Å². The standard InChI is InChI=1S/C17H27NO3/c1-18(14-15-6-3-2-4-7-15)10-9-16(8-5-11-19)17-20-12-13-21-17/h2-4,6-7,16-17,19H,5,8-14H2,1H3. The first-order valence-corrected chi connectivity index (χ1v) is 7.86. The summed E-state index contributed by atoms with van der Waals surface area (Å²) in [5, 5.41) is 9.04. The molecule has 1 aromatic rings. The Bertz CT molecular complexity index is 379. The second kappa shape index (κ2) is 9.15. The van der Waals surface area contributed by atoms with Crippen molar-refractivity contribution in [1.29, 1.82) is 0 Å². The Balaban J connectivity index is 1.77. The number of hydrogen-bond donors (Lipinski definition) is 1. The van der Waals surface area contributed by atoms with Gasteiger partial charge in [0.05, 0.1) is 13.2 Å². The molecule has 118 valence electrons. The highest BCUT2D eigenvalue weighted by atomic mass is 16.7. The van der Waals surface area contributed by atoms with E-state index in [4.69, 9.17) is 14.6 Å². The molecule has 0 amide bonds. The van der Waals surface area contributed by atoms with Crippen LogP contribution >= 0.6 is 0 Å². The second-order valence-corrected chi connectivity index (χ2v) is 5.75. The Kier molecular flexibility index (Phi) is 7.16. The quantitative estimate of drug-likeness (QED) is 0.758. The number of hydrogen-bond acceptors (Lipinski definition) is 4. The molecule has 1 aliphatic rings. The molecule has 1 N–H and O–H groups in total. The molecule has 1 saturated heterocycles. The molecule has 1 unspecified atom stereocenters. The molecule has 0 spiro atoms.